The zero-order valence-corrected chi connectivity index (χ0v) is 14.4. The molecule has 0 aliphatic rings. The molecule has 0 radical (unpaired) electrons. The van der Waals surface area contributed by atoms with Crippen molar-refractivity contribution >= 4 is 17.7 Å². The maximum absolute atomic E-state index is 12.3. The van der Waals surface area contributed by atoms with E-state index in [4.69, 9.17) is 9.47 Å². The number of nitrogens with one attached hydrogen (secondary N) is 2. The number of ether oxygens (including phenoxy) is 2. The number of anilines is 1. The molecule has 25 heavy (non-hydrogen) atoms. The van der Waals surface area contributed by atoms with Gasteiger partial charge < -0.3 is 14.8 Å². The summed E-state index contributed by atoms with van der Waals surface area (Å²) in [6.45, 7) is 3.00. The van der Waals surface area contributed by atoms with Crippen LogP contribution in [0, 0.1) is 0 Å². The highest BCUT2D eigenvalue weighted by atomic mass is 16.5. The van der Waals surface area contributed by atoms with E-state index < -0.39 is 6.09 Å². The van der Waals surface area contributed by atoms with Crippen LogP contribution in [0.4, 0.5) is 10.5 Å². The van der Waals surface area contributed by atoms with Gasteiger partial charge in [-0.25, -0.2) is 4.79 Å². The second kappa shape index (κ2) is 9.44. The minimum atomic E-state index is -0.545. The van der Waals surface area contributed by atoms with Crippen LogP contribution in [0.15, 0.2) is 48.5 Å². The van der Waals surface area contributed by atoms with E-state index in [1.807, 2.05) is 24.3 Å². The number of hydrogen-bond donors (Lipinski definition) is 2. The summed E-state index contributed by atoms with van der Waals surface area (Å²) in [5.41, 5.74) is 3.05. The fourth-order valence-electron chi connectivity index (χ4n) is 2.23. The SMILES string of the molecule is CCOC(=O)Nc1cccc(C(=O)NCc2ccc(COC)cc2)c1. The summed E-state index contributed by atoms with van der Waals surface area (Å²) in [7, 11) is 1.65. The van der Waals surface area contributed by atoms with Gasteiger partial charge in [0.25, 0.3) is 5.91 Å². The lowest BCUT2D eigenvalue weighted by Crippen LogP contribution is -2.23. The molecule has 6 heteroatoms. The van der Waals surface area contributed by atoms with Gasteiger partial charge in [0.2, 0.25) is 0 Å². The lowest BCUT2D eigenvalue weighted by Gasteiger charge is -2.09. The first kappa shape index (κ1) is 18.5. The summed E-state index contributed by atoms with van der Waals surface area (Å²) >= 11 is 0. The van der Waals surface area contributed by atoms with Crippen LogP contribution in [0.5, 0.6) is 0 Å². The van der Waals surface area contributed by atoms with Crippen molar-refractivity contribution in [3.05, 3.63) is 65.2 Å². The lowest BCUT2D eigenvalue weighted by molar-refractivity contribution is 0.0950. The van der Waals surface area contributed by atoms with Gasteiger partial charge in [0.15, 0.2) is 0 Å². The van der Waals surface area contributed by atoms with Crippen LogP contribution in [0.1, 0.15) is 28.4 Å². The van der Waals surface area contributed by atoms with Gasteiger partial charge in [-0.05, 0) is 36.2 Å². The first-order chi connectivity index (χ1) is 12.1. The molecule has 2 rings (SSSR count). The van der Waals surface area contributed by atoms with E-state index in [1.54, 1.807) is 38.3 Å². The van der Waals surface area contributed by atoms with Gasteiger partial charge in [-0.2, -0.15) is 0 Å². The summed E-state index contributed by atoms with van der Waals surface area (Å²) in [6.07, 6.45) is -0.545. The Kier molecular flexibility index (Phi) is 6.98. The third kappa shape index (κ3) is 5.93. The van der Waals surface area contributed by atoms with Gasteiger partial charge in [0.05, 0.1) is 13.2 Å². The molecule has 0 aliphatic heterocycles. The Morgan fingerprint density at radius 2 is 1.76 bits per heavy atom. The van der Waals surface area contributed by atoms with Crippen LogP contribution in [0.3, 0.4) is 0 Å². The fourth-order valence-corrected chi connectivity index (χ4v) is 2.23. The molecule has 0 spiro atoms. The largest absolute Gasteiger partial charge is 0.450 e. The van der Waals surface area contributed by atoms with E-state index in [0.717, 1.165) is 11.1 Å². The quantitative estimate of drug-likeness (QED) is 0.809. The predicted octanol–water partition coefficient (Wildman–Crippen LogP) is 3.33. The van der Waals surface area contributed by atoms with Crippen molar-refractivity contribution in [2.24, 2.45) is 0 Å². The van der Waals surface area contributed by atoms with E-state index in [0.29, 0.717) is 24.4 Å². The van der Waals surface area contributed by atoms with Gasteiger partial charge >= 0.3 is 6.09 Å². The average Bonchev–Trinajstić information content (AvgIpc) is 2.61. The van der Waals surface area contributed by atoms with Crippen molar-refractivity contribution in [1.82, 2.24) is 5.32 Å². The molecule has 0 heterocycles. The Morgan fingerprint density at radius 1 is 1.04 bits per heavy atom. The molecule has 2 aromatic rings. The molecule has 0 saturated carbocycles. The molecule has 0 aliphatic carbocycles. The van der Waals surface area contributed by atoms with Crippen LogP contribution in [0.25, 0.3) is 0 Å². The molecule has 0 bridgehead atoms. The molecule has 132 valence electrons. The maximum Gasteiger partial charge on any atom is 0.411 e. The fraction of sp³-hybridized carbons (Fsp3) is 0.263. The number of carbonyl (C=O) groups is 2. The van der Waals surface area contributed by atoms with Crippen LogP contribution in [0.2, 0.25) is 0 Å². The van der Waals surface area contributed by atoms with Crippen molar-refractivity contribution in [3.63, 3.8) is 0 Å². The average molecular weight is 342 g/mol. The van der Waals surface area contributed by atoms with Gasteiger partial charge in [0, 0.05) is 24.9 Å². The van der Waals surface area contributed by atoms with Gasteiger partial charge in [0.1, 0.15) is 0 Å². The Labute approximate surface area is 147 Å². The van der Waals surface area contributed by atoms with E-state index in [9.17, 15) is 9.59 Å². The minimum absolute atomic E-state index is 0.214. The number of rotatable bonds is 7. The molecule has 2 aromatic carbocycles. The number of hydrogen-bond acceptors (Lipinski definition) is 4. The highest BCUT2D eigenvalue weighted by Crippen LogP contribution is 2.12. The van der Waals surface area contributed by atoms with Crippen LogP contribution >= 0.6 is 0 Å². The molecule has 0 atom stereocenters. The zero-order valence-electron chi connectivity index (χ0n) is 14.4. The summed E-state index contributed by atoms with van der Waals surface area (Å²) < 4.78 is 9.89. The number of methoxy groups -OCH3 is 1. The molecule has 2 amide bonds. The first-order valence-corrected chi connectivity index (χ1v) is 8.01. The molecule has 6 nitrogen and oxygen atoms in total. The summed E-state index contributed by atoms with van der Waals surface area (Å²) in [5, 5.41) is 5.44. The highest BCUT2D eigenvalue weighted by molar-refractivity contribution is 5.96. The molecule has 0 saturated heterocycles. The monoisotopic (exact) mass is 342 g/mol. The minimum Gasteiger partial charge on any atom is -0.450 e. The Balaban J connectivity index is 1.93. The summed E-state index contributed by atoms with van der Waals surface area (Å²) in [5.74, 6) is -0.214. The Morgan fingerprint density at radius 3 is 2.44 bits per heavy atom. The number of carbonyl (C=O) groups excluding carboxylic acids is 2. The molecular weight excluding hydrogens is 320 g/mol. The topological polar surface area (TPSA) is 76.7 Å². The smallest absolute Gasteiger partial charge is 0.411 e. The van der Waals surface area contributed by atoms with Crippen molar-refractivity contribution in [3.8, 4) is 0 Å². The zero-order chi connectivity index (χ0) is 18.1. The standard InChI is InChI=1S/C19H22N2O4/c1-3-25-19(23)21-17-6-4-5-16(11-17)18(22)20-12-14-7-9-15(10-8-14)13-24-2/h4-11H,3,12-13H2,1-2H3,(H,20,22)(H,21,23). The summed E-state index contributed by atoms with van der Waals surface area (Å²) in [6, 6.07) is 14.5. The Hall–Kier alpha value is -2.86. The van der Waals surface area contributed by atoms with Crippen LogP contribution in [-0.2, 0) is 22.6 Å². The number of amides is 2. The Bertz CT molecular complexity index is 714. The highest BCUT2D eigenvalue weighted by Gasteiger charge is 2.08. The van der Waals surface area contributed by atoms with Crippen molar-refractivity contribution < 1.29 is 19.1 Å². The molecule has 0 unspecified atom stereocenters. The molecular formula is C19H22N2O4. The first-order valence-electron chi connectivity index (χ1n) is 8.01. The lowest BCUT2D eigenvalue weighted by atomic mass is 10.1. The second-order valence-electron chi connectivity index (χ2n) is 5.36. The van der Waals surface area contributed by atoms with Crippen molar-refractivity contribution in [2.75, 3.05) is 19.0 Å². The normalized spacial score (nSPS) is 10.2. The number of benzene rings is 2. The van der Waals surface area contributed by atoms with Gasteiger partial charge in [-0.1, -0.05) is 30.3 Å². The predicted molar refractivity (Wildman–Crippen MR) is 95.4 cm³/mol. The molecule has 0 fully saturated rings. The van der Waals surface area contributed by atoms with Crippen LogP contribution in [-0.4, -0.2) is 25.7 Å². The van der Waals surface area contributed by atoms with Gasteiger partial charge in [-0.3, -0.25) is 10.1 Å². The van der Waals surface area contributed by atoms with Gasteiger partial charge in [-0.15, -0.1) is 0 Å². The third-order valence-corrected chi connectivity index (χ3v) is 3.43. The van der Waals surface area contributed by atoms with Crippen molar-refractivity contribution in [1.29, 1.82) is 0 Å². The second-order valence-corrected chi connectivity index (χ2v) is 5.36. The molecule has 0 aromatic heterocycles. The van der Waals surface area contributed by atoms with Crippen molar-refractivity contribution in [2.45, 2.75) is 20.1 Å². The van der Waals surface area contributed by atoms with E-state index in [1.165, 1.54) is 0 Å². The maximum atomic E-state index is 12.3. The van der Waals surface area contributed by atoms with Crippen LogP contribution < -0.4 is 10.6 Å². The molecule has 2 N–H and O–H groups in total. The van der Waals surface area contributed by atoms with E-state index >= 15 is 0 Å². The third-order valence-electron chi connectivity index (χ3n) is 3.43. The summed E-state index contributed by atoms with van der Waals surface area (Å²) in [4.78, 5) is 23.7. The van der Waals surface area contributed by atoms with E-state index in [2.05, 4.69) is 10.6 Å². The van der Waals surface area contributed by atoms with E-state index in [-0.39, 0.29) is 12.5 Å².